The number of carbonyl (C=O) groups is 1. The number of halogens is 1. The molecule has 0 amide bonds. The Balaban J connectivity index is 0.00000484. The van der Waals surface area contributed by atoms with E-state index in [1.165, 1.54) is 23.8 Å². The number of carbonyl (C=O) groups excluding carboxylic acids is 1. The molecule has 1 aromatic rings. The molecule has 0 fully saturated rings. The normalized spacial score (nSPS) is 12.1. The Kier molecular flexibility index (Phi) is 10.6. The van der Waals surface area contributed by atoms with Crippen molar-refractivity contribution in [2.45, 2.75) is 34.2 Å². The highest BCUT2D eigenvalue weighted by Crippen LogP contribution is 2.11. The number of nitrogens with one attached hydrogen (secondary N) is 2. The van der Waals surface area contributed by atoms with Crippen LogP contribution in [0.4, 0.5) is 0 Å². The number of nitrogens with zero attached hydrogens (tertiary/aromatic N) is 1. The van der Waals surface area contributed by atoms with E-state index in [0.717, 1.165) is 6.54 Å². The van der Waals surface area contributed by atoms with Gasteiger partial charge in [-0.05, 0) is 31.9 Å². The van der Waals surface area contributed by atoms with Crippen LogP contribution in [0.25, 0.3) is 0 Å². The van der Waals surface area contributed by atoms with Crippen LogP contribution < -0.4 is 10.6 Å². The van der Waals surface area contributed by atoms with Gasteiger partial charge in [-0.1, -0.05) is 30.7 Å². The SMILES string of the molecule is CCNC(=NCc1ccc(C)cc1C)NCC(C)C(=O)OC.I. The van der Waals surface area contributed by atoms with Crippen molar-refractivity contribution in [3.63, 3.8) is 0 Å². The Hall–Kier alpha value is -1.31. The number of esters is 1. The summed E-state index contributed by atoms with van der Waals surface area (Å²) in [7, 11) is 1.40. The van der Waals surface area contributed by atoms with E-state index in [1.54, 1.807) is 0 Å². The van der Waals surface area contributed by atoms with Crippen molar-refractivity contribution in [3.05, 3.63) is 34.9 Å². The fourth-order valence-electron chi connectivity index (χ4n) is 2.06. The number of methoxy groups -OCH3 is 1. The fourth-order valence-corrected chi connectivity index (χ4v) is 2.06. The summed E-state index contributed by atoms with van der Waals surface area (Å²) < 4.78 is 4.72. The molecule has 0 aliphatic carbocycles. The Morgan fingerprint density at radius 1 is 1.30 bits per heavy atom. The molecule has 0 bridgehead atoms. The maximum Gasteiger partial charge on any atom is 0.310 e. The fraction of sp³-hybridized carbons (Fsp3) is 0.529. The van der Waals surface area contributed by atoms with E-state index in [1.807, 2.05) is 13.8 Å². The van der Waals surface area contributed by atoms with Gasteiger partial charge in [0.2, 0.25) is 0 Å². The molecule has 1 aromatic carbocycles. The van der Waals surface area contributed by atoms with E-state index in [2.05, 4.69) is 47.7 Å². The lowest BCUT2D eigenvalue weighted by atomic mass is 10.1. The summed E-state index contributed by atoms with van der Waals surface area (Å²) in [6.45, 7) is 9.88. The van der Waals surface area contributed by atoms with E-state index in [4.69, 9.17) is 4.74 Å². The summed E-state index contributed by atoms with van der Waals surface area (Å²) in [6.07, 6.45) is 0. The second kappa shape index (κ2) is 11.3. The minimum atomic E-state index is -0.224. The number of hydrogen-bond acceptors (Lipinski definition) is 3. The average molecular weight is 433 g/mol. The van der Waals surface area contributed by atoms with Crippen LogP contribution in [0.3, 0.4) is 0 Å². The second-order valence-electron chi connectivity index (χ2n) is 5.43. The van der Waals surface area contributed by atoms with E-state index in [0.29, 0.717) is 19.0 Å². The number of hydrogen-bond donors (Lipinski definition) is 2. The van der Waals surface area contributed by atoms with Crippen LogP contribution >= 0.6 is 24.0 Å². The number of aliphatic imine (C=N–C) groups is 1. The lowest BCUT2D eigenvalue weighted by molar-refractivity contribution is -0.144. The molecule has 2 N–H and O–H groups in total. The average Bonchev–Trinajstić information content (AvgIpc) is 2.50. The van der Waals surface area contributed by atoms with Crippen LogP contribution in [0.2, 0.25) is 0 Å². The Morgan fingerprint density at radius 2 is 2.00 bits per heavy atom. The summed E-state index contributed by atoms with van der Waals surface area (Å²) in [5.41, 5.74) is 3.69. The zero-order valence-corrected chi connectivity index (χ0v) is 16.9. The molecule has 0 aromatic heterocycles. The summed E-state index contributed by atoms with van der Waals surface area (Å²) in [6, 6.07) is 6.36. The second-order valence-corrected chi connectivity index (χ2v) is 5.43. The number of guanidine groups is 1. The molecular formula is C17H28IN3O2. The van der Waals surface area contributed by atoms with Gasteiger partial charge in [-0.3, -0.25) is 4.79 Å². The first-order chi connectivity index (χ1) is 10.5. The highest BCUT2D eigenvalue weighted by molar-refractivity contribution is 14.0. The number of ether oxygens (including phenoxy) is 1. The van der Waals surface area contributed by atoms with Crippen LogP contribution in [-0.4, -0.2) is 32.1 Å². The maximum absolute atomic E-state index is 11.4. The van der Waals surface area contributed by atoms with E-state index < -0.39 is 0 Å². The maximum atomic E-state index is 11.4. The predicted octanol–water partition coefficient (Wildman–Crippen LogP) is 2.79. The van der Waals surface area contributed by atoms with Gasteiger partial charge in [0.05, 0.1) is 19.6 Å². The molecule has 0 aliphatic heterocycles. The predicted molar refractivity (Wildman–Crippen MR) is 105 cm³/mol. The summed E-state index contributed by atoms with van der Waals surface area (Å²) in [5.74, 6) is 0.269. The van der Waals surface area contributed by atoms with Gasteiger partial charge in [-0.25, -0.2) is 4.99 Å². The highest BCUT2D eigenvalue weighted by Gasteiger charge is 2.13. The molecular weight excluding hydrogens is 405 g/mol. The first kappa shape index (κ1) is 21.7. The van der Waals surface area contributed by atoms with Crippen LogP contribution in [-0.2, 0) is 16.1 Å². The van der Waals surface area contributed by atoms with Crippen LogP contribution in [0.15, 0.2) is 23.2 Å². The van der Waals surface area contributed by atoms with Gasteiger partial charge in [-0.15, -0.1) is 24.0 Å². The van der Waals surface area contributed by atoms with Gasteiger partial charge in [-0.2, -0.15) is 0 Å². The van der Waals surface area contributed by atoms with Gasteiger partial charge in [0.15, 0.2) is 5.96 Å². The van der Waals surface area contributed by atoms with Crippen molar-refractivity contribution in [2.24, 2.45) is 10.9 Å². The molecule has 0 saturated heterocycles. The molecule has 6 heteroatoms. The zero-order chi connectivity index (χ0) is 16.5. The van der Waals surface area contributed by atoms with E-state index in [-0.39, 0.29) is 35.9 Å². The topological polar surface area (TPSA) is 62.7 Å². The lowest BCUT2D eigenvalue weighted by Crippen LogP contribution is -2.40. The lowest BCUT2D eigenvalue weighted by Gasteiger charge is -2.14. The van der Waals surface area contributed by atoms with Crippen molar-refractivity contribution in [3.8, 4) is 0 Å². The summed E-state index contributed by atoms with van der Waals surface area (Å²) in [5, 5.41) is 6.36. The molecule has 23 heavy (non-hydrogen) atoms. The number of aryl methyl sites for hydroxylation is 2. The van der Waals surface area contributed by atoms with Crippen molar-refractivity contribution >= 4 is 35.9 Å². The smallest absolute Gasteiger partial charge is 0.310 e. The molecule has 0 heterocycles. The van der Waals surface area contributed by atoms with Gasteiger partial charge in [0, 0.05) is 13.1 Å². The van der Waals surface area contributed by atoms with Crippen molar-refractivity contribution < 1.29 is 9.53 Å². The molecule has 0 aliphatic rings. The van der Waals surface area contributed by atoms with Gasteiger partial charge >= 0.3 is 5.97 Å². The molecule has 1 rings (SSSR count). The molecule has 130 valence electrons. The highest BCUT2D eigenvalue weighted by atomic mass is 127. The molecule has 5 nitrogen and oxygen atoms in total. The van der Waals surface area contributed by atoms with Crippen molar-refractivity contribution in [1.82, 2.24) is 10.6 Å². The molecule has 0 saturated carbocycles. The monoisotopic (exact) mass is 433 g/mol. The summed E-state index contributed by atoms with van der Waals surface area (Å²) in [4.78, 5) is 16.0. The number of benzene rings is 1. The van der Waals surface area contributed by atoms with Crippen LogP contribution in [0.1, 0.15) is 30.5 Å². The Bertz CT molecular complexity index is 533. The molecule has 1 unspecified atom stereocenters. The van der Waals surface area contributed by atoms with Gasteiger partial charge in [0.25, 0.3) is 0 Å². The standard InChI is InChI=1S/C17H27N3O2.HI/c1-6-18-17(19-10-14(4)16(21)22-5)20-11-15-8-7-12(2)9-13(15)3;/h7-9,14H,6,10-11H2,1-5H3,(H2,18,19,20);1H. The third-order valence-corrected chi connectivity index (χ3v) is 3.43. The number of rotatable bonds is 6. The third-order valence-electron chi connectivity index (χ3n) is 3.43. The zero-order valence-electron chi connectivity index (χ0n) is 14.6. The van der Waals surface area contributed by atoms with Crippen LogP contribution in [0, 0.1) is 19.8 Å². The van der Waals surface area contributed by atoms with Crippen molar-refractivity contribution in [2.75, 3.05) is 20.2 Å². The van der Waals surface area contributed by atoms with Crippen LogP contribution in [0.5, 0.6) is 0 Å². The van der Waals surface area contributed by atoms with E-state index >= 15 is 0 Å². The Labute approximate surface area is 156 Å². The molecule has 1 atom stereocenters. The van der Waals surface area contributed by atoms with Crippen molar-refractivity contribution in [1.29, 1.82) is 0 Å². The Morgan fingerprint density at radius 3 is 2.57 bits per heavy atom. The van der Waals surface area contributed by atoms with Gasteiger partial charge in [0.1, 0.15) is 0 Å². The van der Waals surface area contributed by atoms with E-state index in [9.17, 15) is 4.79 Å². The summed E-state index contributed by atoms with van der Waals surface area (Å²) >= 11 is 0. The molecule has 0 radical (unpaired) electrons. The molecule has 0 spiro atoms. The van der Waals surface area contributed by atoms with Gasteiger partial charge < -0.3 is 15.4 Å². The first-order valence-electron chi connectivity index (χ1n) is 7.64. The minimum Gasteiger partial charge on any atom is -0.469 e. The third kappa shape index (κ3) is 7.67. The quantitative estimate of drug-likeness (QED) is 0.314. The minimum absolute atomic E-state index is 0. The first-order valence-corrected chi connectivity index (χ1v) is 7.64. The largest absolute Gasteiger partial charge is 0.469 e.